The Hall–Kier alpha value is -3.60. The highest BCUT2D eigenvalue weighted by atomic mass is 19.1. The lowest BCUT2D eigenvalue weighted by Crippen LogP contribution is -2.63. The average Bonchev–Trinajstić information content (AvgIpc) is 2.77. The molecule has 0 aromatic heterocycles. The number of carbonyl (C=O) groups is 2. The number of nitro benzene ring substituents is 1. The second kappa shape index (κ2) is 10.1. The maximum Gasteiger partial charge on any atom is 0.310 e. The molecule has 0 atom stereocenters. The van der Waals surface area contributed by atoms with Gasteiger partial charge in [0, 0.05) is 24.2 Å². The van der Waals surface area contributed by atoms with Crippen molar-refractivity contribution in [3.63, 3.8) is 0 Å². The number of para-hydroxylation sites is 2. The molecule has 0 unspecified atom stereocenters. The molecule has 2 amide bonds. The van der Waals surface area contributed by atoms with E-state index in [1.807, 2.05) is 0 Å². The average molecular weight is 448 g/mol. The van der Waals surface area contributed by atoms with Gasteiger partial charge in [-0.3, -0.25) is 19.7 Å². The van der Waals surface area contributed by atoms with Crippen molar-refractivity contribution >= 4 is 17.5 Å². The molecule has 1 aliphatic heterocycles. The van der Waals surface area contributed by atoms with E-state index in [1.54, 1.807) is 0 Å². The predicted octanol–water partition coefficient (Wildman–Crippen LogP) is 1.81. The summed E-state index contributed by atoms with van der Waals surface area (Å²) in [5.41, 5.74) is -1.43. The van der Waals surface area contributed by atoms with Gasteiger partial charge in [-0.25, -0.2) is 8.78 Å². The highest BCUT2D eigenvalue weighted by Crippen LogP contribution is 2.26. The molecular weight excluding hydrogens is 426 g/mol. The topological polar surface area (TPSA) is 123 Å². The maximum absolute atomic E-state index is 13.9. The number of piperidine rings is 1. The summed E-state index contributed by atoms with van der Waals surface area (Å²) in [4.78, 5) is 35.9. The van der Waals surface area contributed by atoms with Gasteiger partial charge in [-0.15, -0.1) is 0 Å². The molecule has 1 fully saturated rings. The first-order valence-electron chi connectivity index (χ1n) is 9.91. The van der Waals surface area contributed by atoms with Crippen LogP contribution in [0.5, 0.6) is 5.75 Å². The van der Waals surface area contributed by atoms with E-state index < -0.39 is 40.5 Å². The molecule has 0 radical (unpaired) electrons. The van der Waals surface area contributed by atoms with Crippen LogP contribution in [0, 0.1) is 21.7 Å². The van der Waals surface area contributed by atoms with Crippen LogP contribution < -0.4 is 20.7 Å². The van der Waals surface area contributed by atoms with Crippen molar-refractivity contribution in [2.75, 3.05) is 19.7 Å². The molecule has 2 aromatic carbocycles. The molecule has 32 heavy (non-hydrogen) atoms. The van der Waals surface area contributed by atoms with Crippen LogP contribution in [0.3, 0.4) is 0 Å². The van der Waals surface area contributed by atoms with Crippen LogP contribution in [-0.4, -0.2) is 42.0 Å². The summed E-state index contributed by atoms with van der Waals surface area (Å²) >= 11 is 0. The number of nitrogens with zero attached hydrogens (tertiary/aromatic N) is 1. The number of nitrogens with one attached hydrogen (secondary N) is 3. The van der Waals surface area contributed by atoms with Crippen LogP contribution >= 0.6 is 0 Å². The molecule has 0 aliphatic carbocycles. The third-order valence-corrected chi connectivity index (χ3v) is 5.15. The van der Waals surface area contributed by atoms with E-state index >= 15 is 0 Å². The molecule has 2 aromatic rings. The number of benzene rings is 2. The number of carbonyl (C=O) groups excluding carboxylic acids is 2. The van der Waals surface area contributed by atoms with Crippen molar-refractivity contribution in [1.82, 2.24) is 16.0 Å². The van der Waals surface area contributed by atoms with Crippen LogP contribution in [0.1, 0.15) is 18.4 Å². The smallest absolute Gasteiger partial charge is 0.310 e. The molecule has 0 bridgehead atoms. The molecule has 1 saturated heterocycles. The molecule has 9 nitrogen and oxygen atoms in total. The molecule has 0 saturated carbocycles. The highest BCUT2D eigenvalue weighted by Gasteiger charge is 2.41. The molecular formula is C21H22F2N4O5. The van der Waals surface area contributed by atoms with Crippen molar-refractivity contribution in [2.45, 2.75) is 24.9 Å². The maximum atomic E-state index is 13.9. The number of hydrogen-bond donors (Lipinski definition) is 3. The van der Waals surface area contributed by atoms with Crippen molar-refractivity contribution in [3.05, 3.63) is 69.8 Å². The first-order valence-corrected chi connectivity index (χ1v) is 9.91. The van der Waals surface area contributed by atoms with Gasteiger partial charge in [0.25, 0.3) is 5.91 Å². The molecule has 170 valence electrons. The fraction of sp³-hybridized carbons (Fsp3) is 0.333. The zero-order valence-corrected chi connectivity index (χ0v) is 17.0. The Morgan fingerprint density at radius 2 is 1.88 bits per heavy atom. The van der Waals surface area contributed by atoms with Gasteiger partial charge in [-0.05, 0) is 38.1 Å². The quantitative estimate of drug-likeness (QED) is 0.418. The van der Waals surface area contributed by atoms with E-state index in [0.717, 1.165) is 12.1 Å². The van der Waals surface area contributed by atoms with Gasteiger partial charge >= 0.3 is 5.69 Å². The standard InChI is InChI=1S/C21H22F2N4O5/c22-15-6-5-14(16(23)11-15)12-25-20(29)21(7-9-24-10-8-21)26-19(28)13-32-18-4-2-1-3-17(18)27(30)31/h1-6,11,24H,7-10,12-13H2,(H,25,29)(H,26,28). The molecule has 1 aliphatic rings. The van der Waals surface area contributed by atoms with Gasteiger partial charge in [0.05, 0.1) is 4.92 Å². The molecule has 1 heterocycles. The van der Waals surface area contributed by atoms with E-state index in [-0.39, 0.29) is 36.4 Å². The highest BCUT2D eigenvalue weighted by molar-refractivity contribution is 5.92. The Labute approximate surface area is 182 Å². The van der Waals surface area contributed by atoms with Crippen molar-refractivity contribution in [3.8, 4) is 5.75 Å². The number of rotatable bonds is 8. The summed E-state index contributed by atoms with van der Waals surface area (Å²) in [5.74, 6) is -2.72. The Morgan fingerprint density at radius 1 is 1.16 bits per heavy atom. The van der Waals surface area contributed by atoms with E-state index in [0.29, 0.717) is 13.1 Å². The SMILES string of the molecule is O=C(COc1ccccc1[N+](=O)[O-])NC1(C(=O)NCc2ccc(F)cc2F)CCNCC1. The third kappa shape index (κ3) is 5.55. The fourth-order valence-electron chi connectivity index (χ4n) is 3.45. The van der Waals surface area contributed by atoms with Crippen LogP contribution in [0.2, 0.25) is 0 Å². The third-order valence-electron chi connectivity index (χ3n) is 5.15. The van der Waals surface area contributed by atoms with Crippen LogP contribution in [0.4, 0.5) is 14.5 Å². The van der Waals surface area contributed by atoms with Crippen LogP contribution in [-0.2, 0) is 16.1 Å². The lowest BCUT2D eigenvalue weighted by Gasteiger charge is -2.37. The van der Waals surface area contributed by atoms with Gasteiger partial charge in [-0.1, -0.05) is 18.2 Å². The minimum Gasteiger partial charge on any atom is -0.477 e. The van der Waals surface area contributed by atoms with Crippen LogP contribution in [0.25, 0.3) is 0 Å². The van der Waals surface area contributed by atoms with E-state index in [4.69, 9.17) is 4.74 Å². The molecule has 3 N–H and O–H groups in total. The van der Waals surface area contributed by atoms with Crippen molar-refractivity contribution in [1.29, 1.82) is 0 Å². The Bertz CT molecular complexity index is 1010. The second-order valence-corrected chi connectivity index (χ2v) is 7.31. The predicted molar refractivity (Wildman–Crippen MR) is 110 cm³/mol. The fourth-order valence-corrected chi connectivity index (χ4v) is 3.45. The summed E-state index contributed by atoms with van der Waals surface area (Å²) in [5, 5.41) is 19.4. The monoisotopic (exact) mass is 448 g/mol. The van der Waals surface area contributed by atoms with Gasteiger partial charge < -0.3 is 20.7 Å². The summed E-state index contributed by atoms with van der Waals surface area (Å²) in [6, 6.07) is 8.69. The van der Waals surface area contributed by atoms with E-state index in [9.17, 15) is 28.5 Å². The summed E-state index contributed by atoms with van der Waals surface area (Å²) in [6.45, 7) is 0.218. The van der Waals surface area contributed by atoms with Crippen molar-refractivity contribution < 1.29 is 28.0 Å². The first-order chi connectivity index (χ1) is 15.3. The zero-order valence-electron chi connectivity index (χ0n) is 17.0. The lowest BCUT2D eigenvalue weighted by atomic mass is 9.87. The Morgan fingerprint density at radius 3 is 2.56 bits per heavy atom. The summed E-state index contributed by atoms with van der Waals surface area (Å²) < 4.78 is 32.2. The van der Waals surface area contributed by atoms with Gasteiger partial charge in [-0.2, -0.15) is 0 Å². The van der Waals surface area contributed by atoms with Gasteiger partial charge in [0.2, 0.25) is 5.91 Å². The Kier molecular flexibility index (Phi) is 7.31. The number of halogens is 2. The molecule has 3 rings (SSSR count). The normalized spacial score (nSPS) is 14.9. The first kappa shape index (κ1) is 23.1. The van der Waals surface area contributed by atoms with Gasteiger partial charge in [0.15, 0.2) is 12.4 Å². The number of ether oxygens (including phenoxy) is 1. The van der Waals surface area contributed by atoms with E-state index in [2.05, 4.69) is 16.0 Å². The minimum absolute atomic E-state index is 0.0664. The van der Waals surface area contributed by atoms with E-state index in [1.165, 1.54) is 30.3 Å². The lowest BCUT2D eigenvalue weighted by molar-refractivity contribution is -0.385. The number of amides is 2. The Balaban J connectivity index is 1.65. The minimum atomic E-state index is -1.26. The molecule has 0 spiro atoms. The number of hydrogen-bond acceptors (Lipinski definition) is 6. The second-order valence-electron chi connectivity index (χ2n) is 7.31. The molecule has 11 heteroatoms. The van der Waals surface area contributed by atoms with Crippen LogP contribution in [0.15, 0.2) is 42.5 Å². The van der Waals surface area contributed by atoms with Crippen molar-refractivity contribution in [2.24, 2.45) is 0 Å². The summed E-state index contributed by atoms with van der Waals surface area (Å²) in [6.07, 6.45) is 0.559. The zero-order chi connectivity index (χ0) is 23.1. The van der Waals surface area contributed by atoms with Gasteiger partial charge in [0.1, 0.15) is 17.2 Å². The largest absolute Gasteiger partial charge is 0.477 e. The number of nitro groups is 1. The summed E-state index contributed by atoms with van der Waals surface area (Å²) in [7, 11) is 0.